The van der Waals surface area contributed by atoms with Gasteiger partial charge in [-0.15, -0.1) is 11.3 Å². The summed E-state index contributed by atoms with van der Waals surface area (Å²) in [6.07, 6.45) is 1.82. The first-order chi connectivity index (χ1) is 8.13. The van der Waals surface area contributed by atoms with Gasteiger partial charge in [-0.1, -0.05) is 0 Å². The van der Waals surface area contributed by atoms with E-state index in [4.69, 9.17) is 4.74 Å². The van der Waals surface area contributed by atoms with Gasteiger partial charge in [0.05, 0.1) is 24.7 Å². The third-order valence-corrected chi connectivity index (χ3v) is 3.14. The molecule has 5 nitrogen and oxygen atoms in total. The molecule has 6 heteroatoms. The van der Waals surface area contributed by atoms with Crippen molar-refractivity contribution in [2.24, 2.45) is 0 Å². The van der Waals surface area contributed by atoms with Crippen molar-refractivity contribution in [3.8, 4) is 0 Å². The summed E-state index contributed by atoms with van der Waals surface area (Å²) in [6.45, 7) is 4.23. The minimum Gasteiger partial charge on any atom is -0.383 e. The predicted molar refractivity (Wildman–Crippen MR) is 68.1 cm³/mol. The zero-order valence-electron chi connectivity index (χ0n) is 10.5. The number of carbonyl (C=O) groups excluding carboxylic acids is 1. The lowest BCUT2D eigenvalue weighted by Crippen LogP contribution is -2.36. The molecule has 0 aliphatic rings. The molecule has 0 atom stereocenters. The Morgan fingerprint density at radius 2 is 2.41 bits per heavy atom. The highest BCUT2D eigenvalue weighted by Crippen LogP contribution is 2.13. The fraction of sp³-hybridized carbons (Fsp3) is 0.636. The van der Waals surface area contributed by atoms with Crippen LogP contribution >= 0.6 is 11.3 Å². The molecule has 0 aliphatic heterocycles. The van der Waals surface area contributed by atoms with Gasteiger partial charge in [-0.2, -0.15) is 0 Å². The number of hydrogen-bond acceptors (Lipinski definition) is 5. The molecule has 1 aromatic rings. The lowest BCUT2D eigenvalue weighted by molar-refractivity contribution is -0.129. The van der Waals surface area contributed by atoms with Gasteiger partial charge in [-0.3, -0.25) is 4.79 Å². The van der Waals surface area contributed by atoms with Crippen LogP contribution < -0.4 is 5.32 Å². The Morgan fingerprint density at radius 1 is 1.65 bits per heavy atom. The normalized spacial score (nSPS) is 10.5. The van der Waals surface area contributed by atoms with Crippen LogP contribution in [-0.4, -0.2) is 49.6 Å². The van der Waals surface area contributed by atoms with Crippen LogP contribution in [0.25, 0.3) is 0 Å². The maximum Gasteiger partial charge on any atom is 0.236 e. The zero-order chi connectivity index (χ0) is 12.7. The molecule has 96 valence electrons. The monoisotopic (exact) mass is 257 g/mol. The number of aromatic nitrogens is 1. The highest BCUT2D eigenvalue weighted by Gasteiger charge is 2.09. The van der Waals surface area contributed by atoms with Crippen LogP contribution in [0.15, 0.2) is 6.20 Å². The summed E-state index contributed by atoms with van der Waals surface area (Å²) in [6, 6.07) is 0. The smallest absolute Gasteiger partial charge is 0.236 e. The maximum atomic E-state index is 11.7. The van der Waals surface area contributed by atoms with Crippen LogP contribution in [0.2, 0.25) is 0 Å². The minimum absolute atomic E-state index is 0.0761. The van der Waals surface area contributed by atoms with Crippen molar-refractivity contribution < 1.29 is 9.53 Å². The third-order valence-electron chi connectivity index (χ3n) is 2.25. The van der Waals surface area contributed by atoms with E-state index in [1.165, 1.54) is 0 Å². The van der Waals surface area contributed by atoms with Crippen molar-refractivity contribution >= 4 is 17.2 Å². The summed E-state index contributed by atoms with van der Waals surface area (Å²) in [5, 5.41) is 4.06. The van der Waals surface area contributed by atoms with Gasteiger partial charge in [0, 0.05) is 31.8 Å². The molecule has 0 unspecified atom stereocenters. The molecule has 0 saturated heterocycles. The van der Waals surface area contributed by atoms with Gasteiger partial charge in [0.15, 0.2) is 0 Å². The standard InChI is InChI=1S/C11H19N3O2S/c1-9-13-6-10(17-9)8-14(2)11(15)7-12-4-5-16-3/h6,12H,4-5,7-8H2,1-3H3. The van der Waals surface area contributed by atoms with E-state index in [1.54, 1.807) is 30.4 Å². The maximum absolute atomic E-state index is 11.7. The van der Waals surface area contributed by atoms with Crippen LogP contribution in [-0.2, 0) is 16.1 Å². The van der Waals surface area contributed by atoms with Crippen LogP contribution in [0.5, 0.6) is 0 Å². The Kier molecular flexibility index (Phi) is 6.10. The molecular formula is C11H19N3O2S. The van der Waals surface area contributed by atoms with Crippen molar-refractivity contribution in [3.63, 3.8) is 0 Å². The largest absolute Gasteiger partial charge is 0.383 e. The molecule has 1 amide bonds. The van der Waals surface area contributed by atoms with Gasteiger partial charge in [-0.05, 0) is 6.92 Å². The molecule has 0 aliphatic carbocycles. The van der Waals surface area contributed by atoms with E-state index in [0.717, 1.165) is 9.88 Å². The second-order valence-corrected chi connectivity index (χ2v) is 5.08. The average molecular weight is 257 g/mol. The van der Waals surface area contributed by atoms with Crippen molar-refractivity contribution in [1.82, 2.24) is 15.2 Å². The molecule has 0 spiro atoms. The molecule has 0 fully saturated rings. The predicted octanol–water partition coefficient (Wildman–Crippen LogP) is 0.646. The highest BCUT2D eigenvalue weighted by molar-refractivity contribution is 7.11. The average Bonchev–Trinajstić information content (AvgIpc) is 2.70. The Bertz CT molecular complexity index is 354. The number of thiazole rings is 1. The summed E-state index contributed by atoms with van der Waals surface area (Å²) in [7, 11) is 3.44. The number of methoxy groups -OCH3 is 1. The van der Waals surface area contributed by atoms with Crippen LogP contribution in [0.3, 0.4) is 0 Å². The van der Waals surface area contributed by atoms with Crippen molar-refractivity contribution in [1.29, 1.82) is 0 Å². The van der Waals surface area contributed by atoms with Gasteiger partial charge < -0.3 is 15.0 Å². The Labute approximate surface area is 106 Å². The first-order valence-electron chi connectivity index (χ1n) is 5.48. The van der Waals surface area contributed by atoms with E-state index in [-0.39, 0.29) is 5.91 Å². The number of rotatable bonds is 7. The molecule has 0 aromatic carbocycles. The van der Waals surface area contributed by atoms with Gasteiger partial charge in [0.2, 0.25) is 5.91 Å². The van der Waals surface area contributed by atoms with E-state index >= 15 is 0 Å². The summed E-state index contributed by atoms with van der Waals surface area (Å²) >= 11 is 1.62. The van der Waals surface area contributed by atoms with E-state index in [1.807, 2.05) is 13.1 Å². The second-order valence-electron chi connectivity index (χ2n) is 3.76. The van der Waals surface area contributed by atoms with Crippen molar-refractivity contribution in [2.45, 2.75) is 13.5 Å². The second kappa shape index (κ2) is 7.37. The van der Waals surface area contributed by atoms with Crippen molar-refractivity contribution in [2.75, 3.05) is 33.9 Å². The molecule has 0 bridgehead atoms. The van der Waals surface area contributed by atoms with E-state index in [9.17, 15) is 4.79 Å². The molecule has 1 heterocycles. The van der Waals surface area contributed by atoms with Gasteiger partial charge >= 0.3 is 0 Å². The van der Waals surface area contributed by atoms with E-state index < -0.39 is 0 Å². The number of likely N-dealkylation sites (N-methyl/N-ethyl adjacent to an activating group) is 1. The van der Waals surface area contributed by atoms with Crippen LogP contribution in [0, 0.1) is 6.92 Å². The van der Waals surface area contributed by atoms with Crippen LogP contribution in [0.1, 0.15) is 9.88 Å². The SMILES string of the molecule is COCCNCC(=O)N(C)Cc1cnc(C)s1. The first kappa shape index (κ1) is 14.1. The lowest BCUT2D eigenvalue weighted by Gasteiger charge is -2.16. The van der Waals surface area contributed by atoms with Crippen molar-refractivity contribution in [3.05, 3.63) is 16.1 Å². The summed E-state index contributed by atoms with van der Waals surface area (Å²) < 4.78 is 4.89. The third kappa shape index (κ3) is 5.25. The number of carbonyl (C=O) groups is 1. The fourth-order valence-corrected chi connectivity index (χ4v) is 2.15. The van der Waals surface area contributed by atoms with Gasteiger partial charge in [-0.25, -0.2) is 4.98 Å². The molecule has 17 heavy (non-hydrogen) atoms. The molecule has 1 aromatic heterocycles. The fourth-order valence-electron chi connectivity index (χ4n) is 1.30. The lowest BCUT2D eigenvalue weighted by atomic mass is 10.4. The minimum atomic E-state index is 0.0761. The molecular weight excluding hydrogens is 238 g/mol. The Hall–Kier alpha value is -0.980. The number of amides is 1. The number of ether oxygens (including phenoxy) is 1. The number of aryl methyl sites for hydroxylation is 1. The topological polar surface area (TPSA) is 54.5 Å². The summed E-state index contributed by atoms with van der Waals surface area (Å²) in [4.78, 5) is 18.7. The molecule has 0 radical (unpaired) electrons. The zero-order valence-corrected chi connectivity index (χ0v) is 11.3. The molecule has 0 saturated carbocycles. The number of hydrogen-bond donors (Lipinski definition) is 1. The number of nitrogens with one attached hydrogen (secondary N) is 1. The number of nitrogens with zero attached hydrogens (tertiary/aromatic N) is 2. The van der Waals surface area contributed by atoms with Crippen LogP contribution in [0.4, 0.5) is 0 Å². The van der Waals surface area contributed by atoms with Gasteiger partial charge in [0.1, 0.15) is 0 Å². The Morgan fingerprint density at radius 3 is 3.00 bits per heavy atom. The van der Waals surface area contributed by atoms with E-state index in [0.29, 0.717) is 26.2 Å². The van der Waals surface area contributed by atoms with Gasteiger partial charge in [0.25, 0.3) is 0 Å². The Balaban J connectivity index is 2.27. The molecule has 1 rings (SSSR count). The quantitative estimate of drug-likeness (QED) is 0.729. The summed E-state index contributed by atoms with van der Waals surface area (Å²) in [5.41, 5.74) is 0. The molecule has 1 N–H and O–H groups in total. The van der Waals surface area contributed by atoms with E-state index in [2.05, 4.69) is 10.3 Å². The highest BCUT2D eigenvalue weighted by atomic mass is 32.1. The summed E-state index contributed by atoms with van der Waals surface area (Å²) in [5.74, 6) is 0.0761. The first-order valence-corrected chi connectivity index (χ1v) is 6.30.